The molecule has 3 N–H and O–H groups in total. The maximum absolute atomic E-state index is 6.08. The van der Waals surface area contributed by atoms with Crippen LogP contribution in [0.2, 0.25) is 5.02 Å². The van der Waals surface area contributed by atoms with Gasteiger partial charge in [0.2, 0.25) is 0 Å². The van der Waals surface area contributed by atoms with E-state index in [2.05, 4.69) is 22.1 Å². The number of nitrogens with zero attached hydrogens (tertiary/aromatic N) is 2. The third-order valence-corrected chi connectivity index (χ3v) is 4.33. The minimum absolute atomic E-state index is 0. The Labute approximate surface area is 160 Å². The first-order valence-electron chi connectivity index (χ1n) is 7.74. The number of halogens is 2. The summed E-state index contributed by atoms with van der Waals surface area (Å²) in [5, 5.41) is 3.60. The summed E-state index contributed by atoms with van der Waals surface area (Å²) in [6.07, 6.45) is 3.90. The molecule has 1 unspecified atom stereocenters. The van der Waals surface area contributed by atoms with Crippen LogP contribution in [0.15, 0.2) is 23.2 Å². The van der Waals surface area contributed by atoms with Crippen molar-refractivity contribution in [3.05, 3.63) is 23.2 Å². The quantitative estimate of drug-likeness (QED) is 0.407. The fourth-order valence-electron chi connectivity index (χ4n) is 2.72. The second kappa shape index (κ2) is 10.2. The van der Waals surface area contributed by atoms with Crippen LogP contribution >= 0.6 is 35.6 Å². The summed E-state index contributed by atoms with van der Waals surface area (Å²) in [4.78, 5) is 6.86. The number of ether oxygens (including phenoxy) is 1. The van der Waals surface area contributed by atoms with Crippen molar-refractivity contribution >= 4 is 47.2 Å². The fraction of sp³-hybridized carbons (Fsp3) is 0.562. The number of anilines is 1. The van der Waals surface area contributed by atoms with E-state index < -0.39 is 0 Å². The van der Waals surface area contributed by atoms with E-state index in [-0.39, 0.29) is 24.0 Å². The average molecular weight is 453 g/mol. The maximum Gasteiger partial charge on any atom is 0.193 e. The second-order valence-electron chi connectivity index (χ2n) is 5.62. The van der Waals surface area contributed by atoms with Gasteiger partial charge in [-0.25, -0.2) is 0 Å². The predicted molar refractivity (Wildman–Crippen MR) is 108 cm³/mol. The van der Waals surface area contributed by atoms with Crippen LogP contribution in [-0.2, 0) is 0 Å². The highest BCUT2D eigenvalue weighted by Crippen LogP contribution is 2.27. The molecule has 1 fully saturated rings. The molecule has 1 saturated heterocycles. The van der Waals surface area contributed by atoms with Crippen LogP contribution in [0.1, 0.15) is 26.2 Å². The minimum atomic E-state index is 0. The number of guanidine groups is 1. The molecule has 0 aromatic heterocycles. The number of rotatable bonds is 5. The van der Waals surface area contributed by atoms with Gasteiger partial charge >= 0.3 is 0 Å². The Morgan fingerprint density at radius 2 is 2.26 bits per heavy atom. The average Bonchev–Trinajstić information content (AvgIpc) is 2.49. The van der Waals surface area contributed by atoms with Crippen LogP contribution in [0.4, 0.5) is 5.69 Å². The first-order valence-corrected chi connectivity index (χ1v) is 8.12. The second-order valence-corrected chi connectivity index (χ2v) is 6.03. The van der Waals surface area contributed by atoms with Gasteiger partial charge in [0.1, 0.15) is 5.75 Å². The van der Waals surface area contributed by atoms with Gasteiger partial charge in [-0.05, 0) is 44.5 Å². The van der Waals surface area contributed by atoms with Gasteiger partial charge in [0.25, 0.3) is 0 Å². The molecule has 1 aromatic rings. The van der Waals surface area contributed by atoms with Crippen LogP contribution in [0, 0.1) is 0 Å². The molecule has 1 heterocycles. The lowest BCUT2D eigenvalue weighted by molar-refractivity contribution is 0.166. The highest BCUT2D eigenvalue weighted by Gasteiger charge is 2.17. The van der Waals surface area contributed by atoms with Crippen molar-refractivity contribution in [2.75, 3.05) is 32.1 Å². The predicted octanol–water partition coefficient (Wildman–Crippen LogP) is 3.57. The molecule has 0 radical (unpaired) electrons. The minimum Gasteiger partial charge on any atom is -0.495 e. The normalized spacial score (nSPS) is 19.1. The Hall–Kier alpha value is -0.730. The first-order chi connectivity index (χ1) is 10.6. The van der Waals surface area contributed by atoms with E-state index in [1.807, 2.05) is 6.07 Å². The van der Waals surface area contributed by atoms with Gasteiger partial charge in [0, 0.05) is 18.3 Å². The van der Waals surface area contributed by atoms with Crippen LogP contribution in [-0.4, -0.2) is 43.6 Å². The molecule has 1 aliphatic rings. The van der Waals surface area contributed by atoms with Gasteiger partial charge in [-0.15, -0.1) is 24.0 Å². The number of hydrogen-bond acceptors (Lipinski definition) is 3. The van der Waals surface area contributed by atoms with E-state index in [1.165, 1.54) is 19.3 Å². The summed E-state index contributed by atoms with van der Waals surface area (Å²) in [7, 11) is 1.59. The standard InChI is InChI=1S/C16H25ClN4O.HI/c1-12-5-3-4-9-21(12)10-8-19-16(18)20-13-6-7-15(22-2)14(17)11-13;/h6-7,11-12H,3-5,8-10H2,1-2H3,(H3,18,19,20);1H. The Kier molecular flexibility index (Phi) is 9.01. The van der Waals surface area contributed by atoms with Crippen molar-refractivity contribution in [1.82, 2.24) is 4.90 Å². The number of hydrogen-bond donors (Lipinski definition) is 2. The lowest BCUT2D eigenvalue weighted by Crippen LogP contribution is -2.39. The summed E-state index contributed by atoms with van der Waals surface area (Å²) in [5.74, 6) is 1.05. The Morgan fingerprint density at radius 3 is 2.91 bits per heavy atom. The van der Waals surface area contributed by atoms with Gasteiger partial charge in [-0.3, -0.25) is 9.89 Å². The summed E-state index contributed by atoms with van der Waals surface area (Å²) in [6, 6.07) is 6.08. The first kappa shape index (κ1) is 20.3. The molecule has 1 aliphatic heterocycles. The molecule has 23 heavy (non-hydrogen) atoms. The molecule has 130 valence electrons. The third-order valence-electron chi connectivity index (χ3n) is 4.03. The zero-order valence-electron chi connectivity index (χ0n) is 13.7. The summed E-state index contributed by atoms with van der Waals surface area (Å²) >= 11 is 6.08. The lowest BCUT2D eigenvalue weighted by Gasteiger charge is -2.32. The van der Waals surface area contributed by atoms with Crippen molar-refractivity contribution in [2.45, 2.75) is 32.2 Å². The Morgan fingerprint density at radius 1 is 1.48 bits per heavy atom. The van der Waals surface area contributed by atoms with Gasteiger partial charge < -0.3 is 15.8 Å². The molecular formula is C16H26ClIN4O. The number of likely N-dealkylation sites (tertiary alicyclic amines) is 1. The van der Waals surface area contributed by atoms with Gasteiger partial charge in [-0.1, -0.05) is 18.0 Å². The summed E-state index contributed by atoms with van der Waals surface area (Å²) in [6.45, 7) is 5.10. The van der Waals surface area contributed by atoms with Crippen LogP contribution in [0.5, 0.6) is 5.75 Å². The van der Waals surface area contributed by atoms with E-state index in [0.717, 1.165) is 18.8 Å². The molecule has 1 atom stereocenters. The van der Waals surface area contributed by atoms with Crippen molar-refractivity contribution < 1.29 is 4.74 Å². The Bertz CT molecular complexity index is 527. The number of aliphatic imine (C=N–C) groups is 1. The molecule has 0 aliphatic carbocycles. The molecule has 5 nitrogen and oxygen atoms in total. The van der Waals surface area contributed by atoms with Crippen molar-refractivity contribution in [1.29, 1.82) is 0 Å². The third kappa shape index (κ3) is 6.35. The Balaban J connectivity index is 0.00000264. The topological polar surface area (TPSA) is 62.9 Å². The maximum atomic E-state index is 6.08. The lowest BCUT2D eigenvalue weighted by atomic mass is 10.0. The number of nitrogens with two attached hydrogens (primary N) is 1. The van der Waals surface area contributed by atoms with E-state index in [0.29, 0.717) is 29.3 Å². The van der Waals surface area contributed by atoms with Gasteiger partial charge in [-0.2, -0.15) is 0 Å². The molecular weight excluding hydrogens is 427 g/mol. The highest BCUT2D eigenvalue weighted by molar-refractivity contribution is 14.0. The van der Waals surface area contributed by atoms with Crippen LogP contribution in [0.25, 0.3) is 0 Å². The van der Waals surface area contributed by atoms with E-state index in [9.17, 15) is 0 Å². The number of nitrogens with one attached hydrogen (secondary N) is 1. The number of benzene rings is 1. The largest absolute Gasteiger partial charge is 0.495 e. The highest BCUT2D eigenvalue weighted by atomic mass is 127. The summed E-state index contributed by atoms with van der Waals surface area (Å²) in [5.41, 5.74) is 6.73. The van der Waals surface area contributed by atoms with Crippen LogP contribution in [0.3, 0.4) is 0 Å². The van der Waals surface area contributed by atoms with E-state index in [4.69, 9.17) is 22.1 Å². The number of methoxy groups -OCH3 is 1. The molecule has 7 heteroatoms. The van der Waals surface area contributed by atoms with Gasteiger partial charge in [0.05, 0.1) is 18.7 Å². The fourth-order valence-corrected chi connectivity index (χ4v) is 2.98. The summed E-state index contributed by atoms with van der Waals surface area (Å²) < 4.78 is 5.12. The van der Waals surface area contributed by atoms with Crippen molar-refractivity contribution in [3.63, 3.8) is 0 Å². The van der Waals surface area contributed by atoms with Crippen LogP contribution < -0.4 is 15.8 Å². The van der Waals surface area contributed by atoms with E-state index >= 15 is 0 Å². The van der Waals surface area contributed by atoms with Crippen molar-refractivity contribution in [3.8, 4) is 5.75 Å². The van der Waals surface area contributed by atoms with E-state index in [1.54, 1.807) is 19.2 Å². The van der Waals surface area contributed by atoms with Crippen molar-refractivity contribution in [2.24, 2.45) is 10.7 Å². The van der Waals surface area contributed by atoms with Gasteiger partial charge in [0.15, 0.2) is 5.96 Å². The molecule has 0 amide bonds. The SMILES string of the molecule is COc1ccc(NC(N)=NCCN2CCCCC2C)cc1Cl.I. The monoisotopic (exact) mass is 452 g/mol. The zero-order chi connectivity index (χ0) is 15.9. The molecule has 1 aromatic carbocycles. The zero-order valence-corrected chi connectivity index (χ0v) is 16.8. The smallest absolute Gasteiger partial charge is 0.193 e. The molecule has 2 rings (SSSR count). The number of piperidine rings is 1. The molecule has 0 bridgehead atoms. The molecule has 0 spiro atoms. The molecule has 0 saturated carbocycles.